The van der Waals surface area contributed by atoms with Gasteiger partial charge >= 0.3 is 5.97 Å². The van der Waals surface area contributed by atoms with Crippen LogP contribution >= 0.6 is 12.4 Å². The van der Waals surface area contributed by atoms with Crippen LogP contribution in [0.1, 0.15) is 31.0 Å². The Bertz CT molecular complexity index is 567. The molecule has 6 nitrogen and oxygen atoms in total. The van der Waals surface area contributed by atoms with E-state index in [-0.39, 0.29) is 35.0 Å². The molecule has 0 amide bonds. The van der Waals surface area contributed by atoms with Crippen LogP contribution in [0.5, 0.6) is 11.5 Å². The van der Waals surface area contributed by atoms with Gasteiger partial charge < -0.3 is 20.3 Å². The molecule has 0 aromatic heterocycles. The van der Waals surface area contributed by atoms with Crippen LogP contribution in [0.2, 0.25) is 0 Å². The summed E-state index contributed by atoms with van der Waals surface area (Å²) in [5, 5.41) is 19.3. The van der Waals surface area contributed by atoms with E-state index in [0.29, 0.717) is 0 Å². The van der Waals surface area contributed by atoms with Crippen molar-refractivity contribution in [2.45, 2.75) is 19.9 Å². The summed E-state index contributed by atoms with van der Waals surface area (Å²) in [7, 11) is 2.65. The van der Waals surface area contributed by atoms with Crippen molar-refractivity contribution in [1.29, 1.82) is 5.26 Å². The van der Waals surface area contributed by atoms with Gasteiger partial charge in [-0.05, 0) is 26.0 Å². The van der Waals surface area contributed by atoms with Crippen LogP contribution in [0.4, 0.5) is 0 Å². The zero-order valence-corrected chi connectivity index (χ0v) is 13.2. The second kappa shape index (κ2) is 7.16. The molecule has 7 heteroatoms. The van der Waals surface area contributed by atoms with Gasteiger partial charge in [0.2, 0.25) is 0 Å². The zero-order valence-electron chi connectivity index (χ0n) is 12.3. The molecule has 0 spiro atoms. The highest BCUT2D eigenvalue weighted by atomic mass is 35.5. The third-order valence-corrected chi connectivity index (χ3v) is 3.32. The number of benzene rings is 1. The van der Waals surface area contributed by atoms with Crippen molar-refractivity contribution in [2.75, 3.05) is 14.2 Å². The van der Waals surface area contributed by atoms with Crippen molar-refractivity contribution >= 4 is 18.4 Å². The van der Waals surface area contributed by atoms with E-state index in [0.717, 1.165) is 0 Å². The number of rotatable bonds is 4. The normalized spacial score (nSPS) is 11.8. The molecule has 0 aliphatic carbocycles. The largest absolute Gasteiger partial charge is 0.504 e. The molecule has 0 fully saturated rings. The van der Waals surface area contributed by atoms with Gasteiger partial charge in [0, 0.05) is 5.56 Å². The second-order valence-corrected chi connectivity index (χ2v) is 4.88. The van der Waals surface area contributed by atoms with Crippen LogP contribution in [-0.4, -0.2) is 25.3 Å². The quantitative estimate of drug-likeness (QED) is 0.822. The van der Waals surface area contributed by atoms with E-state index < -0.39 is 17.4 Å². The molecular formula is C14H19ClN2O4. The fraction of sp³-hybridized carbons (Fsp3) is 0.429. The molecule has 1 aromatic carbocycles. The summed E-state index contributed by atoms with van der Waals surface area (Å²) in [6.07, 6.45) is 0. The van der Waals surface area contributed by atoms with Gasteiger partial charge in [-0.25, -0.2) is 0 Å². The minimum Gasteiger partial charge on any atom is -0.504 e. The number of ether oxygens (including phenoxy) is 2. The number of nitrogens with two attached hydrogens (primary N) is 1. The molecule has 116 valence electrons. The summed E-state index contributed by atoms with van der Waals surface area (Å²) in [6.45, 7) is 3.17. The number of hydrogen-bond acceptors (Lipinski definition) is 6. The highest BCUT2D eigenvalue weighted by molar-refractivity contribution is 5.85. The van der Waals surface area contributed by atoms with Crippen molar-refractivity contribution in [3.63, 3.8) is 0 Å². The predicted molar refractivity (Wildman–Crippen MR) is 79.3 cm³/mol. The Kier molecular flexibility index (Phi) is 6.49. The minimum absolute atomic E-state index is 0. The fourth-order valence-corrected chi connectivity index (χ4v) is 1.92. The van der Waals surface area contributed by atoms with Gasteiger partial charge in [-0.1, -0.05) is 0 Å². The first kappa shape index (κ1) is 19.0. The number of nitriles is 1. The number of esters is 1. The first-order valence-electron chi connectivity index (χ1n) is 5.95. The number of phenolic OH excluding ortho intramolecular Hbond substituents is 1. The number of nitrogens with zero attached hydrogens (tertiary/aromatic N) is 1. The maximum atomic E-state index is 11.8. The van der Waals surface area contributed by atoms with E-state index in [1.807, 2.05) is 6.07 Å². The van der Waals surface area contributed by atoms with Crippen molar-refractivity contribution in [3.8, 4) is 17.6 Å². The molecule has 1 aromatic rings. The Morgan fingerprint density at radius 3 is 2.43 bits per heavy atom. The van der Waals surface area contributed by atoms with E-state index in [4.69, 9.17) is 20.5 Å². The molecule has 0 aliphatic heterocycles. The molecule has 0 unspecified atom stereocenters. The summed E-state index contributed by atoms with van der Waals surface area (Å²) >= 11 is 0. The van der Waals surface area contributed by atoms with E-state index in [1.54, 1.807) is 13.8 Å². The van der Waals surface area contributed by atoms with Gasteiger partial charge in [0.1, 0.15) is 0 Å². The lowest BCUT2D eigenvalue weighted by Gasteiger charge is -2.30. The number of phenols is 1. The van der Waals surface area contributed by atoms with Gasteiger partial charge in [0.15, 0.2) is 11.5 Å². The molecule has 0 saturated heterocycles. The van der Waals surface area contributed by atoms with Crippen molar-refractivity contribution < 1.29 is 19.4 Å². The van der Waals surface area contributed by atoms with Gasteiger partial charge in [-0.3, -0.25) is 4.79 Å². The summed E-state index contributed by atoms with van der Waals surface area (Å²) in [4.78, 5) is 11.8. The van der Waals surface area contributed by atoms with Crippen molar-refractivity contribution in [3.05, 3.63) is 23.3 Å². The number of methoxy groups -OCH3 is 2. The molecule has 1 rings (SSSR count). The predicted octanol–water partition coefficient (Wildman–Crippen LogP) is 1.89. The fourth-order valence-electron chi connectivity index (χ4n) is 1.92. The Labute approximate surface area is 129 Å². The minimum atomic E-state index is -1.11. The van der Waals surface area contributed by atoms with Crippen molar-refractivity contribution in [2.24, 2.45) is 11.1 Å². The Morgan fingerprint density at radius 2 is 2.00 bits per heavy atom. The van der Waals surface area contributed by atoms with Gasteiger partial charge in [-0.2, -0.15) is 5.26 Å². The molecule has 0 bridgehead atoms. The maximum Gasteiger partial charge on any atom is 0.313 e. The summed E-state index contributed by atoms with van der Waals surface area (Å²) in [5.41, 5.74) is 5.33. The number of aromatic hydroxyl groups is 1. The SMILES string of the molecule is COC(=O)C(C)(C)[C@H](N)c1c(C#N)ccc(OC)c1O.Cl. The van der Waals surface area contributed by atoms with Gasteiger partial charge in [-0.15, -0.1) is 12.4 Å². The molecule has 1 atom stereocenters. The third kappa shape index (κ3) is 3.38. The van der Waals surface area contributed by atoms with Crippen LogP contribution < -0.4 is 10.5 Å². The number of carbonyl (C=O) groups is 1. The lowest BCUT2D eigenvalue weighted by atomic mass is 9.79. The molecular weight excluding hydrogens is 296 g/mol. The monoisotopic (exact) mass is 314 g/mol. The average Bonchev–Trinajstić information content (AvgIpc) is 2.44. The third-order valence-electron chi connectivity index (χ3n) is 3.32. The van der Waals surface area contributed by atoms with E-state index >= 15 is 0 Å². The number of halogens is 1. The molecule has 0 aliphatic rings. The molecule has 0 radical (unpaired) electrons. The average molecular weight is 315 g/mol. The van der Waals surface area contributed by atoms with Crippen LogP contribution in [-0.2, 0) is 9.53 Å². The molecule has 0 saturated carbocycles. The van der Waals surface area contributed by atoms with E-state index in [9.17, 15) is 9.90 Å². The molecule has 3 N–H and O–H groups in total. The maximum absolute atomic E-state index is 11.8. The lowest BCUT2D eigenvalue weighted by molar-refractivity contribution is -0.152. The summed E-state index contributed by atoms with van der Waals surface area (Å²) in [5.74, 6) is -0.581. The first-order chi connectivity index (χ1) is 9.31. The van der Waals surface area contributed by atoms with Gasteiger partial charge in [0.25, 0.3) is 0 Å². The molecule has 21 heavy (non-hydrogen) atoms. The smallest absolute Gasteiger partial charge is 0.313 e. The Morgan fingerprint density at radius 1 is 1.43 bits per heavy atom. The molecule has 0 heterocycles. The Hall–Kier alpha value is -1.97. The van der Waals surface area contributed by atoms with E-state index in [1.165, 1.54) is 26.4 Å². The van der Waals surface area contributed by atoms with Crippen LogP contribution in [0.25, 0.3) is 0 Å². The van der Waals surface area contributed by atoms with Crippen LogP contribution in [0, 0.1) is 16.7 Å². The summed E-state index contributed by atoms with van der Waals surface area (Å²) < 4.78 is 9.72. The van der Waals surface area contributed by atoms with Gasteiger partial charge in [0.05, 0.1) is 37.3 Å². The second-order valence-electron chi connectivity index (χ2n) is 4.88. The standard InChI is InChI=1S/C14H18N2O4.ClH/c1-14(2,13(18)20-4)12(16)10-8(7-15)5-6-9(19-3)11(10)17;/h5-6,12,17H,16H2,1-4H3;1H/t12-;/m1./s1. The number of hydrogen-bond donors (Lipinski definition) is 2. The number of carbonyl (C=O) groups excluding carboxylic acids is 1. The van der Waals surface area contributed by atoms with E-state index in [2.05, 4.69) is 0 Å². The first-order valence-corrected chi connectivity index (χ1v) is 5.95. The Balaban J connectivity index is 0.00000400. The highest BCUT2D eigenvalue weighted by Crippen LogP contribution is 2.42. The van der Waals surface area contributed by atoms with Crippen LogP contribution in [0.3, 0.4) is 0 Å². The summed E-state index contributed by atoms with van der Waals surface area (Å²) in [6, 6.07) is 3.99. The highest BCUT2D eigenvalue weighted by Gasteiger charge is 2.39. The lowest BCUT2D eigenvalue weighted by Crippen LogP contribution is -2.37. The van der Waals surface area contributed by atoms with Crippen molar-refractivity contribution in [1.82, 2.24) is 0 Å². The topological polar surface area (TPSA) is 106 Å². The zero-order chi connectivity index (χ0) is 15.5. The van der Waals surface area contributed by atoms with Crippen LogP contribution in [0.15, 0.2) is 12.1 Å².